The Balaban J connectivity index is 0. The van der Waals surface area contributed by atoms with Crippen molar-refractivity contribution in [3.05, 3.63) is 0 Å². The topological polar surface area (TPSA) is 26.3 Å². The largest absolute Gasteiger partial charge is 1.00 e. The Morgan fingerprint density at radius 2 is 1.67 bits per heavy atom. The molecule has 0 aliphatic carbocycles. The molecule has 0 amide bonds. The summed E-state index contributed by atoms with van der Waals surface area (Å²) in [7, 11) is 3.83. The van der Waals surface area contributed by atoms with Crippen LogP contribution < -0.4 is 56.5 Å². The van der Waals surface area contributed by atoms with Crippen molar-refractivity contribution in [2.75, 3.05) is 20.7 Å². The number of nitrogens with zero attached hydrogens (tertiary/aromatic N) is 1. The van der Waals surface area contributed by atoms with Crippen LogP contribution in [0.4, 0.5) is 0 Å². The maximum absolute atomic E-state index is 10.4. The molecule has 0 heterocycles. The molecule has 0 bridgehead atoms. The molecule has 0 saturated carbocycles. The van der Waals surface area contributed by atoms with E-state index in [1.54, 1.807) is 0 Å². The Kier molecular flexibility index (Phi) is 7.66. The van der Waals surface area contributed by atoms with Gasteiger partial charge in [-0.15, -0.1) is 6.61 Å². The fourth-order valence-electron chi connectivity index (χ4n) is 0.129. The minimum Gasteiger partial charge on any atom is -0.853 e. The van der Waals surface area contributed by atoms with Gasteiger partial charge >= 0.3 is 51.4 Å². The molecule has 0 spiro atoms. The molecular formula is C6H14KNO. The van der Waals surface area contributed by atoms with Crippen LogP contribution in [0.5, 0.6) is 0 Å². The quantitative estimate of drug-likeness (QED) is 0.390. The van der Waals surface area contributed by atoms with Crippen LogP contribution >= 0.6 is 0 Å². The molecule has 0 rings (SSSR count). The molecule has 0 aliphatic rings. The summed E-state index contributed by atoms with van der Waals surface area (Å²) in [6.07, 6.45) is 0. The zero-order chi connectivity index (χ0) is 6.78. The van der Waals surface area contributed by atoms with Crippen molar-refractivity contribution in [3.8, 4) is 0 Å². The van der Waals surface area contributed by atoms with Crippen molar-refractivity contribution < 1.29 is 56.5 Å². The summed E-state index contributed by atoms with van der Waals surface area (Å²) in [6, 6.07) is 0. The third kappa shape index (κ3) is 4.90. The minimum atomic E-state index is -0.181. The van der Waals surface area contributed by atoms with Crippen LogP contribution in [0.15, 0.2) is 0 Å². The van der Waals surface area contributed by atoms with Crippen LogP contribution in [-0.2, 0) is 0 Å². The first-order valence-corrected chi connectivity index (χ1v) is 2.76. The number of hydrogen-bond acceptors (Lipinski definition) is 2. The van der Waals surface area contributed by atoms with Crippen LogP contribution in [0.2, 0.25) is 0 Å². The van der Waals surface area contributed by atoms with Gasteiger partial charge in [0.25, 0.3) is 0 Å². The van der Waals surface area contributed by atoms with E-state index >= 15 is 0 Å². The van der Waals surface area contributed by atoms with Crippen molar-refractivity contribution >= 4 is 0 Å². The molecule has 0 fully saturated rings. The van der Waals surface area contributed by atoms with Crippen LogP contribution in [0.3, 0.4) is 0 Å². The van der Waals surface area contributed by atoms with E-state index in [9.17, 15) is 5.11 Å². The van der Waals surface area contributed by atoms with Crippen LogP contribution in [0.1, 0.15) is 13.8 Å². The Hall–Kier alpha value is 1.56. The first-order chi connectivity index (χ1) is 3.50. The molecule has 0 saturated heterocycles. The van der Waals surface area contributed by atoms with E-state index in [1.807, 2.05) is 32.8 Å². The van der Waals surface area contributed by atoms with Gasteiger partial charge in [0.15, 0.2) is 0 Å². The van der Waals surface area contributed by atoms with Crippen LogP contribution in [-0.4, -0.2) is 31.1 Å². The molecule has 0 atom stereocenters. The van der Waals surface area contributed by atoms with Gasteiger partial charge in [-0.2, -0.15) is 0 Å². The number of hydrogen-bond donors (Lipinski definition) is 0. The molecule has 0 aromatic rings. The molecule has 50 valence electrons. The van der Waals surface area contributed by atoms with E-state index in [0.717, 1.165) is 0 Å². The predicted octanol–water partition coefficient (Wildman–Crippen LogP) is -3.31. The average molecular weight is 155 g/mol. The molecule has 0 aliphatic heterocycles. The SMILES string of the molecule is CN(C)C(C)(C)C[O-].[K+]. The van der Waals surface area contributed by atoms with Gasteiger partial charge in [0.2, 0.25) is 0 Å². The van der Waals surface area contributed by atoms with Gasteiger partial charge in [0, 0.05) is 0 Å². The second-order valence-electron chi connectivity index (χ2n) is 2.85. The Morgan fingerprint density at radius 3 is 1.67 bits per heavy atom. The van der Waals surface area contributed by atoms with E-state index < -0.39 is 0 Å². The van der Waals surface area contributed by atoms with E-state index in [4.69, 9.17) is 0 Å². The fraction of sp³-hybridized carbons (Fsp3) is 1.00. The van der Waals surface area contributed by atoms with E-state index in [-0.39, 0.29) is 63.5 Å². The van der Waals surface area contributed by atoms with Gasteiger partial charge in [-0.1, -0.05) is 0 Å². The number of rotatable bonds is 2. The Labute approximate surface area is 100 Å². The zero-order valence-electron chi connectivity index (χ0n) is 7.06. The molecule has 3 heteroatoms. The summed E-state index contributed by atoms with van der Waals surface area (Å²) in [5.41, 5.74) is -0.181. The summed E-state index contributed by atoms with van der Waals surface area (Å²) in [4.78, 5) is 1.93. The Bertz CT molecular complexity index is 73.5. The first-order valence-electron chi connectivity index (χ1n) is 2.76. The van der Waals surface area contributed by atoms with Crippen molar-refractivity contribution in [2.24, 2.45) is 0 Å². The molecule has 2 nitrogen and oxygen atoms in total. The van der Waals surface area contributed by atoms with Crippen LogP contribution in [0.25, 0.3) is 0 Å². The monoisotopic (exact) mass is 155 g/mol. The third-order valence-corrected chi connectivity index (χ3v) is 1.56. The van der Waals surface area contributed by atoms with Crippen molar-refractivity contribution in [2.45, 2.75) is 19.4 Å². The second-order valence-corrected chi connectivity index (χ2v) is 2.85. The molecule has 0 aromatic carbocycles. The van der Waals surface area contributed by atoms with Gasteiger partial charge in [-0.05, 0) is 33.5 Å². The summed E-state index contributed by atoms with van der Waals surface area (Å²) >= 11 is 0. The van der Waals surface area contributed by atoms with Gasteiger partial charge < -0.3 is 10.0 Å². The van der Waals surface area contributed by atoms with E-state index in [2.05, 4.69) is 0 Å². The summed E-state index contributed by atoms with van der Waals surface area (Å²) in [6.45, 7) is 3.82. The van der Waals surface area contributed by atoms with Gasteiger partial charge in [-0.3, -0.25) is 0 Å². The summed E-state index contributed by atoms with van der Waals surface area (Å²) in [5.74, 6) is 0. The minimum absolute atomic E-state index is 0. The number of likely N-dealkylation sites (N-methyl/N-ethyl adjacent to an activating group) is 1. The molecule has 0 aromatic heterocycles. The second kappa shape index (κ2) is 5.24. The maximum Gasteiger partial charge on any atom is 1.00 e. The van der Waals surface area contributed by atoms with Crippen molar-refractivity contribution in [1.29, 1.82) is 0 Å². The molecule has 0 N–H and O–H groups in total. The van der Waals surface area contributed by atoms with E-state index in [0.29, 0.717) is 0 Å². The maximum atomic E-state index is 10.4. The van der Waals surface area contributed by atoms with E-state index in [1.165, 1.54) is 0 Å². The fourth-order valence-corrected chi connectivity index (χ4v) is 0.129. The Morgan fingerprint density at radius 1 is 1.33 bits per heavy atom. The van der Waals surface area contributed by atoms with Crippen molar-refractivity contribution in [1.82, 2.24) is 4.90 Å². The smallest absolute Gasteiger partial charge is 0.853 e. The standard InChI is InChI=1S/C6H14NO.K/c1-6(2,5-8)7(3)4;/h5H2,1-4H3;/q-1;+1. The van der Waals surface area contributed by atoms with Gasteiger partial charge in [0.05, 0.1) is 0 Å². The van der Waals surface area contributed by atoms with Crippen molar-refractivity contribution in [3.63, 3.8) is 0 Å². The summed E-state index contributed by atoms with van der Waals surface area (Å²) in [5, 5.41) is 10.4. The normalized spacial score (nSPS) is 11.3. The molecule has 9 heavy (non-hydrogen) atoms. The molecule has 0 radical (unpaired) electrons. The van der Waals surface area contributed by atoms with Gasteiger partial charge in [-0.25, -0.2) is 0 Å². The molecule has 0 unspecified atom stereocenters. The van der Waals surface area contributed by atoms with Gasteiger partial charge in [0.1, 0.15) is 0 Å². The average Bonchev–Trinajstić information content (AvgIpc) is 1.67. The zero-order valence-corrected chi connectivity index (χ0v) is 10.2. The predicted molar refractivity (Wildman–Crippen MR) is 32.6 cm³/mol. The van der Waals surface area contributed by atoms with Crippen LogP contribution in [0, 0.1) is 0 Å². The molecular weight excluding hydrogens is 141 g/mol. The first kappa shape index (κ1) is 13.2. The third-order valence-electron chi connectivity index (χ3n) is 1.56. The summed E-state index contributed by atoms with van der Waals surface area (Å²) < 4.78 is 0.